The molecule has 0 aliphatic carbocycles. The number of hydrogen-bond donors (Lipinski definition) is 6. The Morgan fingerprint density at radius 2 is 0.714 bits per heavy atom. The van der Waals surface area contributed by atoms with E-state index in [0.29, 0.717) is 37.2 Å². The summed E-state index contributed by atoms with van der Waals surface area (Å²) >= 11 is 0. The second-order valence-corrected chi connectivity index (χ2v) is 15.0. The molecule has 0 saturated carbocycles. The van der Waals surface area contributed by atoms with E-state index in [1.54, 1.807) is 0 Å². The molecule has 0 heterocycles. The quantitative estimate of drug-likeness (QED) is 0.189. The van der Waals surface area contributed by atoms with Gasteiger partial charge in [-0.2, -0.15) is 0 Å². The van der Waals surface area contributed by atoms with Crippen LogP contribution in [-0.2, 0) is 44.1 Å². The molecule has 8 nitrogen and oxygen atoms in total. The molecule has 0 spiro atoms. The molecule has 0 radical (unpaired) electrons. The fraction of sp³-hybridized carbons (Fsp3) is 0.588. The summed E-state index contributed by atoms with van der Waals surface area (Å²) in [6.07, 6.45) is 1.89. The van der Waals surface area contributed by atoms with E-state index in [1.807, 2.05) is 24.3 Å². The lowest BCUT2D eigenvalue weighted by molar-refractivity contribution is -0.118. The Morgan fingerprint density at radius 3 is 0.857 bits per heavy atom. The van der Waals surface area contributed by atoms with E-state index in [1.165, 1.54) is 0 Å². The summed E-state index contributed by atoms with van der Waals surface area (Å²) in [5.74, 6) is 8.14. The molecule has 0 aromatic heterocycles. The molecular weight excluding hydrogens is 528 g/mol. The van der Waals surface area contributed by atoms with Crippen molar-refractivity contribution in [2.45, 2.75) is 130 Å². The van der Waals surface area contributed by atoms with Gasteiger partial charge in [-0.05, 0) is 67.9 Å². The monoisotopic (exact) mass is 586 g/mol. The van der Waals surface area contributed by atoms with Crippen LogP contribution in [0, 0.1) is 0 Å². The largest absolute Gasteiger partial charge is 0.507 e. The standard InChI is InChI=1S/2C17H27NO2.H4N2/c2*1-16(2,3)12-9-11(7-8-14(18)19)10-13(15(12)20)17(4,5)6;1-2/h2*9-10,20H,7-8H2,1-6H3,(H2,18,19);1-2H2. The molecule has 8 heteroatoms. The zero-order valence-corrected chi connectivity index (χ0v) is 28.2. The third-order valence-corrected chi connectivity index (χ3v) is 6.89. The third kappa shape index (κ3) is 12.0. The molecule has 0 saturated heterocycles. The molecule has 0 aliphatic heterocycles. The van der Waals surface area contributed by atoms with Gasteiger partial charge in [-0.3, -0.25) is 21.3 Å². The van der Waals surface area contributed by atoms with Crippen molar-refractivity contribution in [3.05, 3.63) is 57.6 Å². The first-order valence-corrected chi connectivity index (χ1v) is 14.5. The number of hydrazine groups is 1. The number of benzene rings is 2. The van der Waals surface area contributed by atoms with Gasteiger partial charge in [0.25, 0.3) is 0 Å². The smallest absolute Gasteiger partial charge is 0.217 e. The summed E-state index contributed by atoms with van der Waals surface area (Å²) in [5, 5.41) is 21.1. The van der Waals surface area contributed by atoms with Crippen LogP contribution in [0.25, 0.3) is 0 Å². The average molecular weight is 587 g/mol. The van der Waals surface area contributed by atoms with Crippen LogP contribution in [0.5, 0.6) is 11.5 Å². The molecule has 0 bridgehead atoms. The molecule has 0 fully saturated rings. The van der Waals surface area contributed by atoms with Gasteiger partial charge in [0.2, 0.25) is 11.8 Å². The maximum atomic E-state index is 11.0. The summed E-state index contributed by atoms with van der Waals surface area (Å²) in [4.78, 5) is 22.0. The van der Waals surface area contributed by atoms with Crippen LogP contribution in [0.15, 0.2) is 24.3 Å². The second-order valence-electron chi connectivity index (χ2n) is 15.0. The van der Waals surface area contributed by atoms with Gasteiger partial charge in [0.1, 0.15) is 11.5 Å². The third-order valence-electron chi connectivity index (χ3n) is 6.89. The Kier molecular flexibility index (Phi) is 13.8. The summed E-state index contributed by atoms with van der Waals surface area (Å²) < 4.78 is 0. The maximum absolute atomic E-state index is 11.0. The first-order chi connectivity index (χ1) is 18.9. The van der Waals surface area contributed by atoms with Gasteiger partial charge >= 0.3 is 0 Å². The number of nitrogens with two attached hydrogens (primary N) is 4. The van der Waals surface area contributed by atoms with Crippen LogP contribution < -0.4 is 23.2 Å². The van der Waals surface area contributed by atoms with Crippen LogP contribution in [0.2, 0.25) is 0 Å². The normalized spacial score (nSPS) is 12.0. The van der Waals surface area contributed by atoms with Crippen molar-refractivity contribution < 1.29 is 19.8 Å². The number of carbonyl (C=O) groups is 2. The maximum Gasteiger partial charge on any atom is 0.217 e. The SMILES string of the molecule is CC(C)(C)c1cc(CCC(N)=O)cc(C(C)(C)C)c1O.CC(C)(C)c1cc(CCC(N)=O)cc(C(C)(C)C)c1O.NN. The van der Waals surface area contributed by atoms with Crippen LogP contribution in [0.4, 0.5) is 0 Å². The van der Waals surface area contributed by atoms with Crippen LogP contribution in [0.1, 0.15) is 129 Å². The number of aryl methyl sites for hydroxylation is 2. The molecule has 0 aliphatic rings. The molecule has 2 rings (SSSR count). The lowest BCUT2D eigenvalue weighted by Gasteiger charge is -2.28. The van der Waals surface area contributed by atoms with Crippen molar-refractivity contribution in [3.8, 4) is 11.5 Å². The highest BCUT2D eigenvalue weighted by atomic mass is 16.3. The fourth-order valence-electron chi connectivity index (χ4n) is 4.50. The Labute approximate surface area is 254 Å². The second kappa shape index (κ2) is 14.9. The molecule has 2 amide bonds. The van der Waals surface area contributed by atoms with Crippen molar-refractivity contribution in [2.75, 3.05) is 0 Å². The van der Waals surface area contributed by atoms with Gasteiger partial charge in [-0.25, -0.2) is 0 Å². The Hall–Kier alpha value is -3.10. The molecule has 2 aromatic carbocycles. The molecule has 2 aromatic rings. The first-order valence-electron chi connectivity index (χ1n) is 14.5. The predicted molar refractivity (Wildman–Crippen MR) is 174 cm³/mol. The van der Waals surface area contributed by atoms with Gasteiger partial charge in [-0.15, -0.1) is 0 Å². The minimum Gasteiger partial charge on any atom is -0.507 e. The molecule has 0 unspecified atom stereocenters. The van der Waals surface area contributed by atoms with E-state index < -0.39 is 0 Å². The van der Waals surface area contributed by atoms with Gasteiger partial charge in [0, 0.05) is 12.8 Å². The number of phenols is 2. The topological polar surface area (TPSA) is 179 Å². The lowest BCUT2D eigenvalue weighted by Crippen LogP contribution is -2.18. The highest BCUT2D eigenvalue weighted by molar-refractivity contribution is 5.74. The Morgan fingerprint density at radius 1 is 0.524 bits per heavy atom. The van der Waals surface area contributed by atoms with Crippen molar-refractivity contribution in [2.24, 2.45) is 23.2 Å². The highest BCUT2D eigenvalue weighted by Crippen LogP contribution is 2.41. The van der Waals surface area contributed by atoms with Crippen LogP contribution in [0.3, 0.4) is 0 Å². The molecule has 42 heavy (non-hydrogen) atoms. The van der Waals surface area contributed by atoms with Gasteiger partial charge in [0.15, 0.2) is 0 Å². The van der Waals surface area contributed by atoms with Crippen molar-refractivity contribution >= 4 is 11.8 Å². The van der Waals surface area contributed by atoms with E-state index in [-0.39, 0.29) is 33.5 Å². The van der Waals surface area contributed by atoms with Gasteiger partial charge in [-0.1, -0.05) is 107 Å². The molecule has 238 valence electrons. The van der Waals surface area contributed by atoms with Crippen LogP contribution >= 0.6 is 0 Å². The number of carbonyl (C=O) groups excluding carboxylic acids is 2. The zero-order chi connectivity index (χ0) is 33.4. The zero-order valence-electron chi connectivity index (χ0n) is 28.2. The minimum atomic E-state index is -0.298. The van der Waals surface area contributed by atoms with Crippen molar-refractivity contribution in [1.29, 1.82) is 0 Å². The predicted octanol–water partition coefficient (Wildman–Crippen LogP) is 5.63. The van der Waals surface area contributed by atoms with Crippen molar-refractivity contribution in [1.82, 2.24) is 0 Å². The van der Waals surface area contributed by atoms with E-state index >= 15 is 0 Å². The lowest BCUT2D eigenvalue weighted by atomic mass is 9.78. The number of phenolic OH excluding ortho intramolecular Hbond substituents is 2. The fourth-order valence-corrected chi connectivity index (χ4v) is 4.50. The van der Waals surface area contributed by atoms with Gasteiger partial charge < -0.3 is 21.7 Å². The van der Waals surface area contributed by atoms with Crippen LogP contribution in [-0.4, -0.2) is 22.0 Å². The first kappa shape index (κ1) is 38.9. The summed E-state index contributed by atoms with van der Waals surface area (Å²) in [7, 11) is 0. The van der Waals surface area contributed by atoms with E-state index in [9.17, 15) is 19.8 Å². The number of rotatable bonds is 6. The van der Waals surface area contributed by atoms with Crippen molar-refractivity contribution in [3.63, 3.8) is 0 Å². The van der Waals surface area contributed by atoms with Gasteiger partial charge in [0.05, 0.1) is 0 Å². The van der Waals surface area contributed by atoms with E-state index in [2.05, 4.69) is 94.8 Å². The Bertz CT molecular complexity index is 1040. The molecule has 0 atom stereocenters. The number of hydrogen-bond acceptors (Lipinski definition) is 6. The summed E-state index contributed by atoms with van der Waals surface area (Å²) in [5.41, 5.74) is 15.7. The summed E-state index contributed by atoms with van der Waals surface area (Å²) in [6.45, 7) is 24.9. The number of aromatic hydroxyl groups is 2. The number of primary amides is 2. The minimum absolute atomic E-state index is 0.146. The average Bonchev–Trinajstić information content (AvgIpc) is 2.81. The van der Waals surface area contributed by atoms with E-state index in [0.717, 1.165) is 33.4 Å². The highest BCUT2D eigenvalue weighted by Gasteiger charge is 2.27. The number of amides is 2. The van der Waals surface area contributed by atoms with E-state index in [4.69, 9.17) is 11.5 Å². The molecular formula is C34H58N4O4. The summed E-state index contributed by atoms with van der Waals surface area (Å²) in [6, 6.07) is 7.97. The molecule has 10 N–H and O–H groups in total. The Balaban J connectivity index is 0.000000756.